The maximum absolute atomic E-state index is 5.27. The summed E-state index contributed by atoms with van der Waals surface area (Å²) >= 11 is 0. The first-order valence-electron chi connectivity index (χ1n) is 6.62. The number of nitrogens with one attached hydrogen (secondary N) is 2. The van der Waals surface area contributed by atoms with E-state index in [1.54, 1.807) is 16.9 Å². The summed E-state index contributed by atoms with van der Waals surface area (Å²) in [5.41, 5.74) is 1.39. The Balaban J connectivity index is 1.88. The Morgan fingerprint density at radius 3 is 2.47 bits per heavy atom. The van der Waals surface area contributed by atoms with Gasteiger partial charge < -0.3 is 14.5 Å². The second-order valence-electron chi connectivity index (χ2n) is 4.88. The summed E-state index contributed by atoms with van der Waals surface area (Å²) < 4.78 is 5.27. The van der Waals surface area contributed by atoms with Crippen molar-refractivity contribution in [1.29, 1.82) is 0 Å². The van der Waals surface area contributed by atoms with Crippen LogP contribution in [0.5, 0.6) is 5.75 Å². The zero-order valence-electron chi connectivity index (χ0n) is 11.0. The van der Waals surface area contributed by atoms with Crippen LogP contribution in [0.25, 0.3) is 0 Å². The lowest BCUT2D eigenvalue weighted by molar-refractivity contribution is -1.02. The van der Waals surface area contributed by atoms with Gasteiger partial charge in [0, 0.05) is 5.56 Å². The van der Waals surface area contributed by atoms with Crippen LogP contribution in [0.1, 0.15) is 12.5 Å². The number of likely N-dealkylation sites (N-methyl/N-ethyl adjacent to an activating group) is 1. The fourth-order valence-corrected chi connectivity index (χ4v) is 2.56. The maximum atomic E-state index is 5.27. The molecule has 3 heteroatoms. The molecule has 1 saturated heterocycles. The van der Waals surface area contributed by atoms with Crippen LogP contribution in [-0.4, -0.2) is 39.8 Å². The van der Waals surface area contributed by atoms with Gasteiger partial charge in [-0.3, -0.25) is 0 Å². The quantitative estimate of drug-likeness (QED) is 0.686. The van der Waals surface area contributed by atoms with Crippen LogP contribution in [-0.2, 0) is 6.54 Å². The molecule has 1 aromatic rings. The largest absolute Gasteiger partial charge is 0.497 e. The maximum Gasteiger partial charge on any atom is 0.127 e. The summed E-state index contributed by atoms with van der Waals surface area (Å²) in [5.74, 6) is 0.972. The first-order chi connectivity index (χ1) is 8.31. The van der Waals surface area contributed by atoms with Crippen LogP contribution in [0.4, 0.5) is 0 Å². The fourth-order valence-electron chi connectivity index (χ4n) is 2.56. The van der Waals surface area contributed by atoms with Crippen molar-refractivity contribution in [2.24, 2.45) is 0 Å². The van der Waals surface area contributed by atoms with Crippen molar-refractivity contribution in [3.8, 4) is 5.75 Å². The van der Waals surface area contributed by atoms with Crippen molar-refractivity contribution in [3.05, 3.63) is 29.8 Å². The molecule has 1 heterocycles. The highest BCUT2D eigenvalue weighted by Crippen LogP contribution is 2.11. The molecule has 0 radical (unpaired) electrons. The zero-order chi connectivity index (χ0) is 12.1. The van der Waals surface area contributed by atoms with Crippen molar-refractivity contribution in [2.75, 3.05) is 39.8 Å². The molecule has 0 unspecified atom stereocenters. The van der Waals surface area contributed by atoms with E-state index in [1.165, 1.54) is 38.3 Å². The highest BCUT2D eigenvalue weighted by Gasteiger charge is 2.21. The van der Waals surface area contributed by atoms with Gasteiger partial charge in [-0.15, -0.1) is 0 Å². The molecule has 3 nitrogen and oxygen atoms in total. The molecule has 0 saturated carbocycles. The topological polar surface area (TPSA) is 18.1 Å². The molecule has 1 fully saturated rings. The molecule has 1 aliphatic rings. The molecule has 2 rings (SSSR count). The second-order valence-corrected chi connectivity index (χ2v) is 4.88. The Bertz CT molecular complexity index is 346. The smallest absolute Gasteiger partial charge is 0.127 e. The Kier molecular flexibility index (Phi) is 4.40. The Morgan fingerprint density at radius 1 is 1.12 bits per heavy atom. The van der Waals surface area contributed by atoms with Gasteiger partial charge in [-0.2, -0.15) is 0 Å². The molecule has 0 aromatic heterocycles. The predicted molar refractivity (Wildman–Crippen MR) is 68.6 cm³/mol. The number of ether oxygens (including phenoxy) is 1. The minimum absolute atomic E-state index is 0.972. The summed E-state index contributed by atoms with van der Waals surface area (Å²) in [6.45, 7) is 9.90. The van der Waals surface area contributed by atoms with E-state index < -0.39 is 0 Å². The van der Waals surface area contributed by atoms with E-state index in [1.807, 2.05) is 6.07 Å². The highest BCUT2D eigenvalue weighted by molar-refractivity contribution is 5.27. The average Bonchev–Trinajstić information content (AvgIpc) is 2.40. The summed E-state index contributed by atoms with van der Waals surface area (Å²) in [5, 5.41) is 0. The number of rotatable bonds is 4. The van der Waals surface area contributed by atoms with E-state index in [0.29, 0.717) is 0 Å². The van der Waals surface area contributed by atoms with Crippen molar-refractivity contribution in [3.63, 3.8) is 0 Å². The van der Waals surface area contributed by atoms with Gasteiger partial charge in [0.1, 0.15) is 38.5 Å². The van der Waals surface area contributed by atoms with Crippen LogP contribution in [0.2, 0.25) is 0 Å². The summed E-state index contributed by atoms with van der Waals surface area (Å²) in [6, 6.07) is 8.46. The van der Waals surface area contributed by atoms with E-state index >= 15 is 0 Å². The minimum Gasteiger partial charge on any atom is -0.497 e. The average molecular weight is 236 g/mol. The van der Waals surface area contributed by atoms with Gasteiger partial charge in [0.15, 0.2) is 0 Å². The molecule has 2 N–H and O–H groups in total. The van der Waals surface area contributed by atoms with Crippen LogP contribution < -0.4 is 14.5 Å². The van der Waals surface area contributed by atoms with Gasteiger partial charge in [-0.25, -0.2) is 0 Å². The first kappa shape index (κ1) is 12.4. The predicted octanol–water partition coefficient (Wildman–Crippen LogP) is -1.00. The molecule has 94 valence electrons. The van der Waals surface area contributed by atoms with E-state index in [-0.39, 0.29) is 0 Å². The zero-order valence-corrected chi connectivity index (χ0v) is 11.0. The number of piperazine rings is 1. The molecule has 1 aromatic carbocycles. The van der Waals surface area contributed by atoms with Gasteiger partial charge in [0.25, 0.3) is 0 Å². The Hall–Kier alpha value is -1.06. The van der Waals surface area contributed by atoms with Gasteiger partial charge in [-0.1, -0.05) is 12.1 Å². The van der Waals surface area contributed by atoms with Crippen LogP contribution in [0.15, 0.2) is 24.3 Å². The number of methoxy groups -OCH3 is 1. The lowest BCUT2D eigenvalue weighted by atomic mass is 10.2. The van der Waals surface area contributed by atoms with Crippen molar-refractivity contribution < 1.29 is 14.5 Å². The SMILES string of the molecule is CC[NH+]1CC[NH+](Cc2cccc(OC)c2)CC1. The van der Waals surface area contributed by atoms with Gasteiger partial charge in [0.2, 0.25) is 0 Å². The summed E-state index contributed by atoms with van der Waals surface area (Å²) in [6.07, 6.45) is 0. The van der Waals surface area contributed by atoms with E-state index in [4.69, 9.17) is 4.74 Å². The second kappa shape index (κ2) is 6.03. The third-order valence-electron chi connectivity index (χ3n) is 3.75. The lowest BCUT2D eigenvalue weighted by Crippen LogP contribution is -3.27. The van der Waals surface area contributed by atoms with Crippen molar-refractivity contribution in [1.82, 2.24) is 0 Å². The third kappa shape index (κ3) is 3.45. The van der Waals surface area contributed by atoms with Gasteiger partial charge in [0.05, 0.1) is 13.7 Å². The number of hydrogen-bond donors (Lipinski definition) is 2. The molecule has 0 spiro atoms. The molecule has 0 aliphatic carbocycles. The number of benzene rings is 1. The third-order valence-corrected chi connectivity index (χ3v) is 3.75. The monoisotopic (exact) mass is 236 g/mol. The fraction of sp³-hybridized carbons (Fsp3) is 0.571. The van der Waals surface area contributed by atoms with E-state index in [2.05, 4.69) is 25.1 Å². The summed E-state index contributed by atoms with van der Waals surface area (Å²) in [4.78, 5) is 3.45. The number of hydrogen-bond acceptors (Lipinski definition) is 1. The standard InChI is InChI=1S/C14H22N2O/c1-3-15-7-9-16(10-8-15)12-13-5-4-6-14(11-13)17-2/h4-6,11H,3,7-10,12H2,1-2H3/p+2. The molecular formula is C14H24N2O+2. The van der Waals surface area contributed by atoms with Gasteiger partial charge >= 0.3 is 0 Å². The minimum atomic E-state index is 0.972. The molecule has 1 aliphatic heterocycles. The summed E-state index contributed by atoms with van der Waals surface area (Å²) in [7, 11) is 1.73. The van der Waals surface area contributed by atoms with E-state index in [9.17, 15) is 0 Å². The van der Waals surface area contributed by atoms with Crippen LogP contribution in [0, 0.1) is 0 Å². The normalized spacial score (nSPS) is 24.6. The molecule has 17 heavy (non-hydrogen) atoms. The van der Waals surface area contributed by atoms with Crippen molar-refractivity contribution in [2.45, 2.75) is 13.5 Å². The Labute approximate surface area is 104 Å². The van der Waals surface area contributed by atoms with Gasteiger partial charge in [-0.05, 0) is 19.1 Å². The lowest BCUT2D eigenvalue weighted by Gasteiger charge is -2.29. The molecular weight excluding hydrogens is 212 g/mol. The number of quaternary nitrogens is 2. The first-order valence-corrected chi connectivity index (χ1v) is 6.62. The van der Waals surface area contributed by atoms with Crippen LogP contribution >= 0.6 is 0 Å². The van der Waals surface area contributed by atoms with E-state index in [0.717, 1.165) is 12.3 Å². The highest BCUT2D eigenvalue weighted by atomic mass is 16.5. The van der Waals surface area contributed by atoms with Crippen molar-refractivity contribution >= 4 is 0 Å². The van der Waals surface area contributed by atoms with Crippen LogP contribution in [0.3, 0.4) is 0 Å². The Morgan fingerprint density at radius 2 is 1.82 bits per heavy atom. The molecule has 0 atom stereocenters. The molecule has 0 amide bonds. The molecule has 0 bridgehead atoms.